The highest BCUT2D eigenvalue weighted by Gasteiger charge is 2.50. The number of benzene rings is 2. The van der Waals surface area contributed by atoms with Crippen LogP contribution in [0.5, 0.6) is 0 Å². The normalized spacial score (nSPS) is 14.5. The molecule has 0 unspecified atom stereocenters. The minimum absolute atomic E-state index is 0.0497. The smallest absolute Gasteiger partial charge is 0.261 e. The molecule has 3 rings (SSSR count). The third kappa shape index (κ3) is 15.9. The summed E-state index contributed by atoms with van der Waals surface area (Å²) in [5.74, 6) is 0. The number of ether oxygens (including phenoxy) is 8. The fourth-order valence-corrected chi connectivity index (χ4v) is 10.2. The molecule has 0 aliphatic carbocycles. The zero-order valence-electron chi connectivity index (χ0n) is 29.7. The maximum Gasteiger partial charge on any atom is 0.261 e. The molecule has 2 aromatic carbocycles. The summed E-state index contributed by atoms with van der Waals surface area (Å²) in [5, 5.41) is 5.83. The van der Waals surface area contributed by atoms with Crippen LogP contribution in [0.4, 0.5) is 0 Å². The van der Waals surface area contributed by atoms with Crippen LogP contribution in [0.15, 0.2) is 60.7 Å². The SMILES string of the molecule is CC(C)(C)[Si](OCCOCCOCCOCCOCCOCCOCCOCCOC1CCNCC1)(c1ccccc1)c1ccccc1. The Balaban J connectivity index is 1.08. The Hall–Kier alpha value is -1.74. The summed E-state index contributed by atoms with van der Waals surface area (Å²) >= 11 is 0. The molecule has 11 heteroatoms. The lowest BCUT2D eigenvalue weighted by atomic mass is 10.1. The second-order valence-electron chi connectivity index (χ2n) is 12.6. The standard InChI is InChI=1S/C37H61NO9Si/c1-37(2,3)48(35-10-6-4-7-11-35,36-12-8-5-9-13-36)47-33-31-45-29-27-43-25-23-41-21-19-39-18-20-40-22-24-42-26-28-44-30-32-46-34-14-16-38-17-15-34/h4-13,34,38H,14-33H2,1-3H3. The van der Waals surface area contributed by atoms with Gasteiger partial charge in [0, 0.05) is 0 Å². The number of nitrogens with one attached hydrogen (secondary N) is 1. The predicted molar refractivity (Wildman–Crippen MR) is 191 cm³/mol. The fraction of sp³-hybridized carbons (Fsp3) is 0.676. The molecule has 0 amide bonds. The zero-order valence-corrected chi connectivity index (χ0v) is 30.7. The summed E-state index contributed by atoms with van der Waals surface area (Å²) in [6, 6.07) is 21.3. The highest BCUT2D eigenvalue weighted by molar-refractivity contribution is 6.99. The van der Waals surface area contributed by atoms with Crippen molar-refractivity contribution in [3.8, 4) is 0 Å². The molecule has 1 aliphatic heterocycles. The van der Waals surface area contributed by atoms with Crippen molar-refractivity contribution >= 4 is 18.7 Å². The first-order chi connectivity index (χ1) is 23.5. The second-order valence-corrected chi connectivity index (χ2v) is 16.9. The van der Waals surface area contributed by atoms with E-state index in [9.17, 15) is 0 Å². The van der Waals surface area contributed by atoms with Crippen LogP contribution in [-0.2, 0) is 42.3 Å². The Morgan fingerprint density at radius 1 is 0.500 bits per heavy atom. The molecule has 0 radical (unpaired) electrons. The van der Waals surface area contributed by atoms with Crippen LogP contribution in [0, 0.1) is 0 Å². The minimum atomic E-state index is -2.53. The lowest BCUT2D eigenvalue weighted by Crippen LogP contribution is -2.66. The summed E-state index contributed by atoms with van der Waals surface area (Å²) in [4.78, 5) is 0. The van der Waals surface area contributed by atoms with Crippen molar-refractivity contribution in [3.63, 3.8) is 0 Å². The van der Waals surface area contributed by atoms with Crippen LogP contribution in [0.3, 0.4) is 0 Å². The molecule has 1 aliphatic rings. The number of piperidine rings is 1. The van der Waals surface area contributed by atoms with E-state index in [4.69, 9.17) is 42.3 Å². The third-order valence-electron chi connectivity index (χ3n) is 8.06. The molecule has 0 spiro atoms. The summed E-state index contributed by atoms with van der Waals surface area (Å²) in [5.41, 5.74) is 0. The second kappa shape index (κ2) is 25.2. The van der Waals surface area contributed by atoms with Crippen molar-refractivity contribution in [1.29, 1.82) is 0 Å². The highest BCUT2D eigenvalue weighted by Crippen LogP contribution is 2.36. The molecule has 0 atom stereocenters. The summed E-state index contributed by atoms with van der Waals surface area (Å²) in [7, 11) is -2.53. The fourth-order valence-electron chi connectivity index (χ4n) is 5.67. The van der Waals surface area contributed by atoms with E-state index in [1.54, 1.807) is 0 Å². The molecule has 10 nitrogen and oxygen atoms in total. The quantitative estimate of drug-likeness (QED) is 0.106. The average molecular weight is 692 g/mol. The van der Waals surface area contributed by atoms with Gasteiger partial charge in [-0.05, 0) is 41.3 Å². The maximum atomic E-state index is 6.85. The van der Waals surface area contributed by atoms with Gasteiger partial charge in [0.15, 0.2) is 0 Å². The van der Waals surface area contributed by atoms with E-state index in [0.717, 1.165) is 25.9 Å². The summed E-state index contributed by atoms with van der Waals surface area (Å²) in [6.45, 7) is 17.6. The first-order valence-electron chi connectivity index (χ1n) is 17.7. The average Bonchev–Trinajstić information content (AvgIpc) is 3.10. The van der Waals surface area contributed by atoms with E-state index in [2.05, 4.69) is 86.8 Å². The Labute approximate surface area is 290 Å². The first kappa shape index (κ1) is 40.7. The number of rotatable bonds is 28. The molecule has 1 heterocycles. The van der Waals surface area contributed by atoms with Crippen LogP contribution in [0.1, 0.15) is 33.6 Å². The molecule has 0 saturated carbocycles. The molecule has 1 fully saturated rings. The van der Waals surface area contributed by atoms with Gasteiger partial charge < -0.3 is 47.6 Å². The Bertz CT molecular complexity index is 983. The van der Waals surface area contributed by atoms with Crippen molar-refractivity contribution in [3.05, 3.63) is 60.7 Å². The van der Waals surface area contributed by atoms with E-state index in [-0.39, 0.29) is 5.04 Å². The van der Waals surface area contributed by atoms with Gasteiger partial charge in [-0.3, -0.25) is 0 Å². The third-order valence-corrected chi connectivity index (χ3v) is 13.1. The van der Waals surface area contributed by atoms with Gasteiger partial charge in [-0.2, -0.15) is 0 Å². The van der Waals surface area contributed by atoms with E-state index >= 15 is 0 Å². The molecule has 0 aromatic heterocycles. The highest BCUT2D eigenvalue weighted by atomic mass is 28.4. The molecular weight excluding hydrogens is 630 g/mol. The maximum absolute atomic E-state index is 6.85. The van der Waals surface area contributed by atoms with Crippen LogP contribution in [0.2, 0.25) is 5.04 Å². The number of hydrogen-bond acceptors (Lipinski definition) is 10. The van der Waals surface area contributed by atoms with Crippen molar-refractivity contribution in [2.24, 2.45) is 0 Å². The van der Waals surface area contributed by atoms with E-state index in [0.29, 0.717) is 112 Å². The molecular formula is C37H61NO9Si. The molecule has 1 saturated heterocycles. The molecule has 0 bridgehead atoms. The van der Waals surface area contributed by atoms with Gasteiger partial charge in [0.1, 0.15) is 0 Å². The van der Waals surface area contributed by atoms with Gasteiger partial charge >= 0.3 is 0 Å². The molecule has 2 aromatic rings. The Morgan fingerprint density at radius 3 is 1.19 bits per heavy atom. The minimum Gasteiger partial charge on any atom is -0.405 e. The summed E-state index contributed by atoms with van der Waals surface area (Å²) in [6.07, 6.45) is 2.54. The molecule has 48 heavy (non-hydrogen) atoms. The molecule has 1 N–H and O–H groups in total. The van der Waals surface area contributed by atoms with Crippen LogP contribution < -0.4 is 15.7 Å². The van der Waals surface area contributed by atoms with Gasteiger partial charge in [0.2, 0.25) is 0 Å². The van der Waals surface area contributed by atoms with E-state index in [1.807, 2.05) is 0 Å². The van der Waals surface area contributed by atoms with E-state index in [1.165, 1.54) is 10.4 Å². The van der Waals surface area contributed by atoms with Crippen LogP contribution >= 0.6 is 0 Å². The largest absolute Gasteiger partial charge is 0.405 e. The predicted octanol–water partition coefficient (Wildman–Crippen LogP) is 3.45. The van der Waals surface area contributed by atoms with Gasteiger partial charge in [0.25, 0.3) is 8.32 Å². The number of hydrogen-bond donors (Lipinski definition) is 1. The lowest BCUT2D eigenvalue weighted by Gasteiger charge is -2.43. The van der Waals surface area contributed by atoms with Gasteiger partial charge in [-0.1, -0.05) is 81.4 Å². The van der Waals surface area contributed by atoms with Crippen molar-refractivity contribution in [2.75, 3.05) is 119 Å². The monoisotopic (exact) mass is 691 g/mol. The van der Waals surface area contributed by atoms with Crippen molar-refractivity contribution < 1.29 is 42.3 Å². The lowest BCUT2D eigenvalue weighted by molar-refractivity contribution is -0.0315. The summed E-state index contributed by atoms with van der Waals surface area (Å²) < 4.78 is 51.9. The van der Waals surface area contributed by atoms with E-state index < -0.39 is 8.32 Å². The Kier molecular flexibility index (Phi) is 21.4. The van der Waals surface area contributed by atoms with Crippen LogP contribution in [-0.4, -0.2) is 133 Å². The van der Waals surface area contributed by atoms with Gasteiger partial charge in [0.05, 0.1) is 112 Å². The topological polar surface area (TPSA) is 95.1 Å². The van der Waals surface area contributed by atoms with Crippen molar-refractivity contribution in [2.45, 2.75) is 44.8 Å². The van der Waals surface area contributed by atoms with Crippen LogP contribution in [0.25, 0.3) is 0 Å². The molecule has 272 valence electrons. The Morgan fingerprint density at radius 2 is 0.833 bits per heavy atom. The van der Waals surface area contributed by atoms with Gasteiger partial charge in [-0.15, -0.1) is 0 Å². The van der Waals surface area contributed by atoms with Gasteiger partial charge in [-0.25, -0.2) is 0 Å². The van der Waals surface area contributed by atoms with Crippen molar-refractivity contribution in [1.82, 2.24) is 5.32 Å². The zero-order chi connectivity index (χ0) is 34.0. The first-order valence-corrected chi connectivity index (χ1v) is 19.6.